The second-order valence-corrected chi connectivity index (χ2v) is 3.76. The molecule has 1 aromatic carbocycles. The van der Waals surface area contributed by atoms with Crippen LogP contribution in [0.5, 0.6) is 0 Å². The summed E-state index contributed by atoms with van der Waals surface area (Å²) in [7, 11) is 0. The second-order valence-electron chi connectivity index (χ2n) is 3.76. The van der Waals surface area contributed by atoms with Crippen LogP contribution in [0.1, 0.15) is 16.1 Å². The summed E-state index contributed by atoms with van der Waals surface area (Å²) in [6.45, 7) is 3.61. The van der Waals surface area contributed by atoms with Crippen LogP contribution in [-0.4, -0.2) is 17.0 Å². The third-order valence-electron chi connectivity index (χ3n) is 2.50. The van der Waals surface area contributed by atoms with E-state index in [0.29, 0.717) is 5.76 Å². The number of hydrogen-bond acceptors (Lipinski definition) is 3. The summed E-state index contributed by atoms with van der Waals surface area (Å²) in [6.07, 6.45) is 1.43. The molecule has 1 aromatic heterocycles. The Labute approximate surface area is 109 Å². The largest absolute Gasteiger partial charge is 0.478 e. The normalized spacial score (nSPS) is 9.89. The van der Waals surface area contributed by atoms with Crippen molar-refractivity contribution in [3.63, 3.8) is 0 Å². The number of anilines is 1. The Morgan fingerprint density at radius 3 is 2.53 bits per heavy atom. The van der Waals surface area contributed by atoms with Gasteiger partial charge in [-0.15, -0.1) is 0 Å². The average Bonchev–Trinajstić information content (AvgIpc) is 2.92. The highest BCUT2D eigenvalue weighted by Gasteiger charge is 2.15. The molecule has 2 N–H and O–H groups in total. The fourth-order valence-electron chi connectivity index (χ4n) is 1.54. The molecule has 5 nitrogen and oxygen atoms in total. The fraction of sp³-hybridized carbons (Fsp3) is 0. The van der Waals surface area contributed by atoms with E-state index >= 15 is 0 Å². The first-order chi connectivity index (χ1) is 9.09. The minimum Gasteiger partial charge on any atom is -0.478 e. The van der Waals surface area contributed by atoms with Gasteiger partial charge in [-0.2, -0.15) is 0 Å². The van der Waals surface area contributed by atoms with E-state index in [1.54, 1.807) is 24.3 Å². The number of para-hydroxylation sites is 1. The summed E-state index contributed by atoms with van der Waals surface area (Å²) in [5, 5.41) is 11.5. The van der Waals surface area contributed by atoms with Crippen LogP contribution in [0.4, 0.5) is 5.69 Å². The zero-order valence-corrected chi connectivity index (χ0v) is 9.92. The SMILES string of the molecule is C=C(C(=O)Nc1ccccc1C(=O)O)c1ccco1. The van der Waals surface area contributed by atoms with Crippen molar-refractivity contribution in [2.45, 2.75) is 0 Å². The van der Waals surface area contributed by atoms with Crippen LogP contribution in [0.2, 0.25) is 0 Å². The molecule has 0 atom stereocenters. The molecule has 0 saturated heterocycles. The van der Waals surface area contributed by atoms with Gasteiger partial charge in [-0.3, -0.25) is 4.79 Å². The fourth-order valence-corrected chi connectivity index (χ4v) is 1.54. The van der Waals surface area contributed by atoms with E-state index in [0.717, 1.165) is 0 Å². The highest BCUT2D eigenvalue weighted by Crippen LogP contribution is 2.19. The van der Waals surface area contributed by atoms with Gasteiger partial charge in [-0.1, -0.05) is 18.7 Å². The first-order valence-corrected chi connectivity index (χ1v) is 5.46. The minimum atomic E-state index is -1.11. The van der Waals surface area contributed by atoms with E-state index in [9.17, 15) is 9.59 Å². The number of benzene rings is 1. The number of carboxylic acid groups (broad SMARTS) is 1. The highest BCUT2D eigenvalue weighted by molar-refractivity contribution is 6.24. The maximum absolute atomic E-state index is 11.9. The predicted molar refractivity (Wildman–Crippen MR) is 69.8 cm³/mol. The van der Waals surface area contributed by atoms with E-state index in [1.165, 1.54) is 18.4 Å². The molecule has 0 spiro atoms. The van der Waals surface area contributed by atoms with Gasteiger partial charge in [0.05, 0.1) is 23.1 Å². The lowest BCUT2D eigenvalue weighted by atomic mass is 10.1. The van der Waals surface area contributed by atoms with E-state index < -0.39 is 11.9 Å². The number of hydrogen-bond donors (Lipinski definition) is 2. The molecule has 1 heterocycles. The molecule has 19 heavy (non-hydrogen) atoms. The van der Waals surface area contributed by atoms with E-state index in [4.69, 9.17) is 9.52 Å². The lowest BCUT2D eigenvalue weighted by Crippen LogP contribution is -2.15. The number of carbonyl (C=O) groups excluding carboxylic acids is 1. The first kappa shape index (κ1) is 12.6. The number of carboxylic acids is 1. The van der Waals surface area contributed by atoms with Crippen molar-refractivity contribution < 1.29 is 19.1 Å². The van der Waals surface area contributed by atoms with Crippen molar-refractivity contribution in [2.75, 3.05) is 5.32 Å². The van der Waals surface area contributed by atoms with Gasteiger partial charge in [0.2, 0.25) is 0 Å². The summed E-state index contributed by atoms with van der Waals surface area (Å²) in [4.78, 5) is 22.9. The quantitative estimate of drug-likeness (QED) is 0.825. The third-order valence-corrected chi connectivity index (χ3v) is 2.50. The molecule has 0 fully saturated rings. The number of nitrogens with one attached hydrogen (secondary N) is 1. The Bertz CT molecular complexity index is 629. The Morgan fingerprint density at radius 1 is 1.16 bits per heavy atom. The van der Waals surface area contributed by atoms with Crippen molar-refractivity contribution in [3.05, 3.63) is 60.6 Å². The molecule has 0 aliphatic carbocycles. The lowest BCUT2D eigenvalue weighted by Gasteiger charge is -2.08. The molecule has 0 saturated carbocycles. The van der Waals surface area contributed by atoms with Gasteiger partial charge in [0.15, 0.2) is 0 Å². The van der Waals surface area contributed by atoms with Crippen LogP contribution in [0.3, 0.4) is 0 Å². The average molecular weight is 257 g/mol. The van der Waals surface area contributed by atoms with Crippen LogP contribution in [0.15, 0.2) is 53.7 Å². The van der Waals surface area contributed by atoms with Crippen LogP contribution in [0, 0.1) is 0 Å². The number of amides is 1. The molecule has 0 radical (unpaired) electrons. The molecule has 1 amide bonds. The van der Waals surface area contributed by atoms with Crippen LogP contribution in [-0.2, 0) is 4.79 Å². The topological polar surface area (TPSA) is 79.5 Å². The highest BCUT2D eigenvalue weighted by atomic mass is 16.4. The van der Waals surface area contributed by atoms with E-state index in [1.807, 2.05) is 0 Å². The van der Waals surface area contributed by atoms with E-state index in [2.05, 4.69) is 11.9 Å². The summed E-state index contributed by atoms with van der Waals surface area (Å²) in [6, 6.07) is 9.38. The zero-order chi connectivity index (χ0) is 13.8. The maximum atomic E-state index is 11.9. The molecule has 0 unspecified atom stereocenters. The summed E-state index contributed by atoms with van der Waals surface area (Å²) >= 11 is 0. The molecule has 0 aliphatic heterocycles. The summed E-state index contributed by atoms with van der Waals surface area (Å²) in [5.41, 5.74) is 0.362. The first-order valence-electron chi connectivity index (χ1n) is 5.46. The number of carbonyl (C=O) groups is 2. The van der Waals surface area contributed by atoms with Crippen LogP contribution < -0.4 is 5.32 Å². The maximum Gasteiger partial charge on any atom is 0.337 e. The summed E-state index contributed by atoms with van der Waals surface area (Å²) < 4.78 is 5.06. The zero-order valence-electron chi connectivity index (χ0n) is 9.92. The van der Waals surface area contributed by atoms with Crippen molar-refractivity contribution >= 4 is 23.1 Å². The van der Waals surface area contributed by atoms with Gasteiger partial charge in [0.1, 0.15) is 5.76 Å². The predicted octanol–water partition coefficient (Wildman–Crippen LogP) is 2.63. The molecule has 0 bridgehead atoms. The number of rotatable bonds is 4. The Hall–Kier alpha value is -2.82. The van der Waals surface area contributed by atoms with Gasteiger partial charge < -0.3 is 14.8 Å². The molecule has 5 heteroatoms. The van der Waals surface area contributed by atoms with E-state index in [-0.39, 0.29) is 16.8 Å². The molecular weight excluding hydrogens is 246 g/mol. The van der Waals surface area contributed by atoms with Gasteiger partial charge >= 0.3 is 5.97 Å². The third kappa shape index (κ3) is 2.71. The van der Waals surface area contributed by atoms with Gasteiger partial charge in [-0.25, -0.2) is 4.79 Å². The molecule has 2 rings (SSSR count). The smallest absolute Gasteiger partial charge is 0.337 e. The second kappa shape index (κ2) is 5.22. The Balaban J connectivity index is 2.20. The van der Waals surface area contributed by atoms with Gasteiger partial charge in [0.25, 0.3) is 5.91 Å². The molecule has 2 aromatic rings. The van der Waals surface area contributed by atoms with Gasteiger partial charge in [-0.05, 0) is 24.3 Å². The number of furan rings is 1. The molecule has 96 valence electrons. The molecule has 0 aliphatic rings. The monoisotopic (exact) mass is 257 g/mol. The van der Waals surface area contributed by atoms with Crippen molar-refractivity contribution in [1.82, 2.24) is 0 Å². The minimum absolute atomic E-state index is 0.0168. The lowest BCUT2D eigenvalue weighted by molar-refractivity contribution is -0.111. The standard InChI is InChI=1S/C14H11NO4/c1-9(12-7-4-8-19-12)13(16)15-11-6-3-2-5-10(11)14(17)18/h2-8H,1H2,(H,15,16)(H,17,18). The van der Waals surface area contributed by atoms with Crippen LogP contribution >= 0.6 is 0 Å². The van der Waals surface area contributed by atoms with Crippen molar-refractivity contribution in [3.8, 4) is 0 Å². The number of aromatic carboxylic acids is 1. The van der Waals surface area contributed by atoms with Crippen LogP contribution in [0.25, 0.3) is 5.57 Å². The van der Waals surface area contributed by atoms with Crippen molar-refractivity contribution in [2.24, 2.45) is 0 Å². The van der Waals surface area contributed by atoms with Gasteiger partial charge in [0, 0.05) is 0 Å². The Morgan fingerprint density at radius 2 is 1.89 bits per heavy atom. The molecular formula is C14H11NO4. The Kier molecular flexibility index (Phi) is 3.47. The van der Waals surface area contributed by atoms with Crippen molar-refractivity contribution in [1.29, 1.82) is 0 Å². The summed E-state index contributed by atoms with van der Waals surface area (Å²) in [5.74, 6) is -1.28.